The van der Waals surface area contributed by atoms with Crippen LogP contribution in [0, 0.1) is 0 Å². The molecule has 1 aliphatic rings. The highest BCUT2D eigenvalue weighted by molar-refractivity contribution is 5.85. The summed E-state index contributed by atoms with van der Waals surface area (Å²) in [5.74, 6) is 1.88. The number of methoxy groups -OCH3 is 1. The Morgan fingerprint density at radius 3 is 2.62 bits per heavy atom. The van der Waals surface area contributed by atoms with Crippen molar-refractivity contribution in [1.29, 1.82) is 0 Å². The summed E-state index contributed by atoms with van der Waals surface area (Å²) in [5.41, 5.74) is 8.91. The lowest BCUT2D eigenvalue weighted by Gasteiger charge is -2.17. The zero-order chi connectivity index (χ0) is 17.6. The van der Waals surface area contributed by atoms with Crippen LogP contribution in [0.5, 0.6) is 11.5 Å². The van der Waals surface area contributed by atoms with E-state index in [-0.39, 0.29) is 18.4 Å². The standard InChI is InChI=1S/C21H26N2O2.ClH/c1-3-11-25-20-10-9-16(12-21(20)24-2)13-23-14-18(19(22)15-23)17-7-5-4-6-8-17;/h3-10,12,18-19H,1,11,13-15,22H2,2H3;1H/t18-,19+;/m0./s1. The maximum atomic E-state index is 6.39. The molecule has 0 spiro atoms. The van der Waals surface area contributed by atoms with Crippen molar-refractivity contribution in [2.45, 2.75) is 18.5 Å². The topological polar surface area (TPSA) is 47.7 Å². The molecule has 0 aliphatic carbocycles. The van der Waals surface area contributed by atoms with Crippen LogP contribution >= 0.6 is 12.4 Å². The molecule has 4 nitrogen and oxygen atoms in total. The fourth-order valence-corrected chi connectivity index (χ4v) is 3.43. The van der Waals surface area contributed by atoms with Crippen LogP contribution in [0.15, 0.2) is 61.2 Å². The summed E-state index contributed by atoms with van der Waals surface area (Å²) in [6, 6.07) is 16.8. The van der Waals surface area contributed by atoms with Gasteiger partial charge in [-0.3, -0.25) is 4.90 Å². The van der Waals surface area contributed by atoms with Crippen molar-refractivity contribution >= 4 is 12.4 Å². The maximum Gasteiger partial charge on any atom is 0.161 e. The molecule has 0 bridgehead atoms. The van der Waals surface area contributed by atoms with Gasteiger partial charge in [0.25, 0.3) is 0 Å². The number of ether oxygens (including phenoxy) is 2. The summed E-state index contributed by atoms with van der Waals surface area (Å²) >= 11 is 0. The smallest absolute Gasteiger partial charge is 0.161 e. The SMILES string of the molecule is C=CCOc1ccc(CN2C[C@@H](N)[C@H](c3ccccc3)C2)cc1OC.Cl. The van der Waals surface area contributed by atoms with Crippen molar-refractivity contribution in [1.82, 2.24) is 4.90 Å². The van der Waals surface area contributed by atoms with Gasteiger partial charge in [-0.25, -0.2) is 0 Å². The van der Waals surface area contributed by atoms with Gasteiger partial charge in [-0.15, -0.1) is 12.4 Å². The number of likely N-dealkylation sites (tertiary alicyclic amines) is 1. The van der Waals surface area contributed by atoms with Gasteiger partial charge >= 0.3 is 0 Å². The van der Waals surface area contributed by atoms with E-state index in [0.29, 0.717) is 12.5 Å². The average molecular weight is 375 g/mol. The third-order valence-electron chi connectivity index (χ3n) is 4.66. The predicted octanol–water partition coefficient (Wildman–Crippen LogP) is 3.61. The lowest BCUT2D eigenvalue weighted by Crippen LogP contribution is -2.28. The second kappa shape index (κ2) is 9.62. The van der Waals surface area contributed by atoms with Crippen molar-refractivity contribution in [3.8, 4) is 11.5 Å². The highest BCUT2D eigenvalue weighted by Crippen LogP contribution is 2.31. The van der Waals surface area contributed by atoms with Crippen LogP contribution in [-0.2, 0) is 6.54 Å². The first-order valence-corrected chi connectivity index (χ1v) is 8.64. The molecule has 2 aromatic rings. The molecule has 2 atom stereocenters. The van der Waals surface area contributed by atoms with Crippen LogP contribution < -0.4 is 15.2 Å². The quantitative estimate of drug-likeness (QED) is 0.752. The summed E-state index contributed by atoms with van der Waals surface area (Å²) < 4.78 is 11.1. The largest absolute Gasteiger partial charge is 0.493 e. The minimum Gasteiger partial charge on any atom is -0.493 e. The van der Waals surface area contributed by atoms with E-state index >= 15 is 0 Å². The molecule has 1 heterocycles. The summed E-state index contributed by atoms with van der Waals surface area (Å²) in [6.45, 7) is 6.87. The fourth-order valence-electron chi connectivity index (χ4n) is 3.43. The Labute approximate surface area is 162 Å². The highest BCUT2D eigenvalue weighted by atomic mass is 35.5. The maximum absolute atomic E-state index is 6.39. The number of hydrogen-bond acceptors (Lipinski definition) is 4. The van der Waals surface area contributed by atoms with Crippen LogP contribution in [0.3, 0.4) is 0 Å². The Kier molecular flexibility index (Phi) is 7.51. The lowest BCUT2D eigenvalue weighted by atomic mass is 9.95. The second-order valence-corrected chi connectivity index (χ2v) is 6.46. The van der Waals surface area contributed by atoms with E-state index < -0.39 is 0 Å². The van der Waals surface area contributed by atoms with Gasteiger partial charge in [0, 0.05) is 31.6 Å². The van der Waals surface area contributed by atoms with Gasteiger partial charge in [0.2, 0.25) is 0 Å². The number of rotatable bonds is 7. The Balaban J connectivity index is 0.00000243. The second-order valence-electron chi connectivity index (χ2n) is 6.46. The van der Waals surface area contributed by atoms with E-state index in [1.807, 2.05) is 18.2 Å². The molecule has 0 unspecified atom stereocenters. The minimum atomic E-state index is 0. The van der Waals surface area contributed by atoms with Crippen LogP contribution in [-0.4, -0.2) is 37.7 Å². The molecule has 0 amide bonds. The Bertz CT molecular complexity index is 708. The number of benzene rings is 2. The molecule has 2 aromatic carbocycles. The normalized spacial score (nSPS) is 19.6. The first-order valence-electron chi connectivity index (χ1n) is 8.64. The van der Waals surface area contributed by atoms with Gasteiger partial charge in [-0.1, -0.05) is 49.1 Å². The number of nitrogens with two attached hydrogens (primary N) is 1. The van der Waals surface area contributed by atoms with E-state index in [2.05, 4.69) is 41.8 Å². The Hall–Kier alpha value is -2.01. The number of halogens is 1. The van der Waals surface area contributed by atoms with Crippen LogP contribution in [0.25, 0.3) is 0 Å². The third kappa shape index (κ3) is 4.79. The zero-order valence-electron chi connectivity index (χ0n) is 15.1. The van der Waals surface area contributed by atoms with Gasteiger partial charge in [0.1, 0.15) is 6.61 Å². The molecular weight excluding hydrogens is 348 g/mol. The van der Waals surface area contributed by atoms with Gasteiger partial charge in [-0.05, 0) is 23.3 Å². The van der Waals surface area contributed by atoms with Gasteiger partial charge in [0.05, 0.1) is 7.11 Å². The predicted molar refractivity (Wildman–Crippen MR) is 108 cm³/mol. The first kappa shape index (κ1) is 20.3. The molecule has 1 fully saturated rings. The molecule has 1 saturated heterocycles. The summed E-state index contributed by atoms with van der Waals surface area (Å²) in [7, 11) is 1.66. The van der Waals surface area contributed by atoms with Crippen molar-refractivity contribution in [3.05, 3.63) is 72.3 Å². The molecule has 0 radical (unpaired) electrons. The number of hydrogen-bond donors (Lipinski definition) is 1. The third-order valence-corrected chi connectivity index (χ3v) is 4.66. The van der Waals surface area contributed by atoms with Crippen molar-refractivity contribution in [2.75, 3.05) is 26.8 Å². The minimum absolute atomic E-state index is 0. The van der Waals surface area contributed by atoms with E-state index in [0.717, 1.165) is 31.1 Å². The molecule has 140 valence electrons. The summed E-state index contributed by atoms with van der Waals surface area (Å²) in [5, 5.41) is 0. The molecule has 5 heteroatoms. The fraction of sp³-hybridized carbons (Fsp3) is 0.333. The van der Waals surface area contributed by atoms with Crippen LogP contribution in [0.2, 0.25) is 0 Å². The highest BCUT2D eigenvalue weighted by Gasteiger charge is 2.31. The van der Waals surface area contributed by atoms with E-state index in [1.165, 1.54) is 11.1 Å². The monoisotopic (exact) mass is 374 g/mol. The lowest BCUT2D eigenvalue weighted by molar-refractivity contribution is 0.315. The van der Waals surface area contributed by atoms with E-state index in [1.54, 1.807) is 13.2 Å². The van der Waals surface area contributed by atoms with Crippen LogP contribution in [0.4, 0.5) is 0 Å². The van der Waals surface area contributed by atoms with Gasteiger partial charge in [-0.2, -0.15) is 0 Å². The first-order chi connectivity index (χ1) is 12.2. The molecule has 1 aliphatic heterocycles. The van der Waals surface area contributed by atoms with Gasteiger partial charge < -0.3 is 15.2 Å². The average Bonchev–Trinajstić information content (AvgIpc) is 3.01. The van der Waals surface area contributed by atoms with Gasteiger partial charge in [0.15, 0.2) is 11.5 Å². The molecule has 2 N–H and O–H groups in total. The van der Waals surface area contributed by atoms with E-state index in [9.17, 15) is 0 Å². The van der Waals surface area contributed by atoms with E-state index in [4.69, 9.17) is 15.2 Å². The Morgan fingerprint density at radius 2 is 1.92 bits per heavy atom. The zero-order valence-corrected chi connectivity index (χ0v) is 16.0. The number of nitrogens with zero attached hydrogens (tertiary/aromatic N) is 1. The van der Waals surface area contributed by atoms with Crippen molar-refractivity contribution < 1.29 is 9.47 Å². The molecule has 0 saturated carbocycles. The van der Waals surface area contributed by atoms with Crippen LogP contribution in [0.1, 0.15) is 17.0 Å². The van der Waals surface area contributed by atoms with Crippen molar-refractivity contribution in [3.63, 3.8) is 0 Å². The molecule has 0 aromatic heterocycles. The molecule has 3 rings (SSSR count). The summed E-state index contributed by atoms with van der Waals surface area (Å²) in [6.07, 6.45) is 1.72. The summed E-state index contributed by atoms with van der Waals surface area (Å²) in [4.78, 5) is 2.40. The Morgan fingerprint density at radius 1 is 1.15 bits per heavy atom. The van der Waals surface area contributed by atoms with Crippen molar-refractivity contribution in [2.24, 2.45) is 5.73 Å². The molecular formula is C21H27ClN2O2. The molecule has 26 heavy (non-hydrogen) atoms.